The minimum atomic E-state index is -0.321. The fourth-order valence-electron chi connectivity index (χ4n) is 3.25. The molecule has 1 N–H and O–H groups in total. The molecule has 0 fully saturated rings. The van der Waals surface area contributed by atoms with Gasteiger partial charge in [0.15, 0.2) is 0 Å². The number of pyridine rings is 1. The van der Waals surface area contributed by atoms with E-state index in [0.717, 1.165) is 22.2 Å². The van der Waals surface area contributed by atoms with Crippen molar-refractivity contribution in [1.82, 2.24) is 4.57 Å². The minimum absolute atomic E-state index is 0.169. The van der Waals surface area contributed by atoms with Gasteiger partial charge in [-0.05, 0) is 37.6 Å². The Balaban J connectivity index is 2.30. The Labute approximate surface area is 152 Å². The zero-order chi connectivity index (χ0) is 18.8. The number of amides is 1. The highest BCUT2D eigenvalue weighted by atomic mass is 16.2. The van der Waals surface area contributed by atoms with Crippen molar-refractivity contribution in [2.45, 2.75) is 13.8 Å². The first kappa shape index (κ1) is 17.7. The summed E-state index contributed by atoms with van der Waals surface area (Å²) in [5.41, 5.74) is 3.05. The molecule has 0 saturated carbocycles. The standard InChI is InChI=1S/C21H23N3O2/c1-5-22-19-17-14(2)10-9-13-16(17)24(4)21(26)18(19)20(25)23(3)15-11-7-6-8-12-15/h6-13,22H,5H2,1-4H3. The number of rotatable bonds is 4. The first-order valence-electron chi connectivity index (χ1n) is 8.66. The number of carbonyl (C=O) groups is 1. The molecule has 0 aliphatic carbocycles. The van der Waals surface area contributed by atoms with Crippen molar-refractivity contribution in [3.63, 3.8) is 0 Å². The summed E-state index contributed by atoms with van der Waals surface area (Å²) in [5.74, 6) is -0.321. The summed E-state index contributed by atoms with van der Waals surface area (Å²) in [6.07, 6.45) is 0. The van der Waals surface area contributed by atoms with Crippen LogP contribution in [-0.4, -0.2) is 24.1 Å². The molecule has 26 heavy (non-hydrogen) atoms. The maximum atomic E-state index is 13.2. The molecule has 0 unspecified atom stereocenters. The maximum Gasteiger partial charge on any atom is 0.265 e. The fourth-order valence-corrected chi connectivity index (χ4v) is 3.25. The van der Waals surface area contributed by atoms with Crippen LogP contribution < -0.4 is 15.8 Å². The molecule has 0 radical (unpaired) electrons. The predicted octanol–water partition coefficient (Wildman–Crippen LogP) is 3.56. The van der Waals surface area contributed by atoms with Gasteiger partial charge in [0.25, 0.3) is 11.5 Å². The van der Waals surface area contributed by atoms with Crippen molar-refractivity contribution in [2.24, 2.45) is 7.05 Å². The lowest BCUT2D eigenvalue weighted by atomic mass is 10.0. The summed E-state index contributed by atoms with van der Waals surface area (Å²) >= 11 is 0. The van der Waals surface area contributed by atoms with Crippen molar-refractivity contribution in [1.29, 1.82) is 0 Å². The van der Waals surface area contributed by atoms with Gasteiger partial charge in [-0.15, -0.1) is 0 Å². The van der Waals surface area contributed by atoms with Crippen molar-refractivity contribution in [3.05, 3.63) is 70.0 Å². The number of anilines is 2. The Morgan fingerprint density at radius 1 is 1.12 bits per heavy atom. The van der Waals surface area contributed by atoms with Gasteiger partial charge in [0.2, 0.25) is 0 Å². The van der Waals surface area contributed by atoms with Crippen molar-refractivity contribution in [2.75, 3.05) is 23.8 Å². The number of fused-ring (bicyclic) bond motifs is 1. The lowest BCUT2D eigenvalue weighted by Crippen LogP contribution is -2.35. The third-order valence-corrected chi connectivity index (χ3v) is 4.65. The van der Waals surface area contributed by atoms with Crippen LogP contribution in [0.3, 0.4) is 0 Å². The van der Waals surface area contributed by atoms with Crippen LogP contribution in [0.25, 0.3) is 10.9 Å². The molecule has 5 heteroatoms. The topological polar surface area (TPSA) is 54.3 Å². The van der Waals surface area contributed by atoms with Gasteiger partial charge < -0.3 is 14.8 Å². The summed E-state index contributed by atoms with van der Waals surface area (Å²) in [4.78, 5) is 27.8. The smallest absolute Gasteiger partial charge is 0.265 e. The number of benzene rings is 2. The Hall–Kier alpha value is -3.08. The van der Waals surface area contributed by atoms with E-state index in [9.17, 15) is 9.59 Å². The number of aromatic nitrogens is 1. The van der Waals surface area contributed by atoms with Crippen LogP contribution in [0.1, 0.15) is 22.8 Å². The minimum Gasteiger partial charge on any atom is -0.384 e. The number of hydrogen-bond acceptors (Lipinski definition) is 3. The lowest BCUT2D eigenvalue weighted by molar-refractivity contribution is 0.0992. The first-order valence-corrected chi connectivity index (χ1v) is 8.66. The quantitative estimate of drug-likeness (QED) is 0.784. The number of nitrogens with one attached hydrogen (secondary N) is 1. The average molecular weight is 349 g/mol. The van der Waals surface area contributed by atoms with Gasteiger partial charge in [-0.1, -0.05) is 30.3 Å². The number of para-hydroxylation sites is 1. The van der Waals surface area contributed by atoms with E-state index >= 15 is 0 Å². The Morgan fingerprint density at radius 3 is 2.46 bits per heavy atom. The number of carbonyl (C=O) groups excluding carboxylic acids is 1. The largest absolute Gasteiger partial charge is 0.384 e. The molecular formula is C21H23N3O2. The van der Waals surface area contributed by atoms with E-state index in [1.165, 1.54) is 4.90 Å². The van der Waals surface area contributed by atoms with E-state index in [1.54, 1.807) is 18.7 Å². The predicted molar refractivity (Wildman–Crippen MR) is 107 cm³/mol. The second kappa shape index (κ2) is 7.04. The summed E-state index contributed by atoms with van der Waals surface area (Å²) in [7, 11) is 3.40. The first-order chi connectivity index (χ1) is 12.5. The normalized spacial score (nSPS) is 10.8. The van der Waals surface area contributed by atoms with Gasteiger partial charge in [-0.2, -0.15) is 0 Å². The molecule has 0 spiro atoms. The van der Waals surface area contributed by atoms with Gasteiger partial charge in [0.1, 0.15) is 5.56 Å². The molecule has 0 saturated heterocycles. The SMILES string of the molecule is CCNc1c(C(=O)N(C)c2ccccc2)c(=O)n(C)c2cccc(C)c12. The van der Waals surface area contributed by atoms with Crippen LogP contribution >= 0.6 is 0 Å². The Bertz CT molecular complexity index is 1020. The zero-order valence-corrected chi connectivity index (χ0v) is 15.5. The summed E-state index contributed by atoms with van der Waals surface area (Å²) in [6, 6.07) is 15.1. The highest BCUT2D eigenvalue weighted by molar-refractivity contribution is 6.13. The number of hydrogen-bond donors (Lipinski definition) is 1. The summed E-state index contributed by atoms with van der Waals surface area (Å²) < 4.78 is 1.55. The van der Waals surface area contributed by atoms with E-state index in [0.29, 0.717) is 12.2 Å². The lowest BCUT2D eigenvalue weighted by Gasteiger charge is -2.22. The van der Waals surface area contributed by atoms with Crippen LogP contribution in [0.5, 0.6) is 0 Å². The molecule has 3 rings (SSSR count). The van der Waals surface area contributed by atoms with E-state index < -0.39 is 0 Å². The Morgan fingerprint density at radius 2 is 1.81 bits per heavy atom. The van der Waals surface area contributed by atoms with Crippen LogP contribution in [0.2, 0.25) is 0 Å². The van der Waals surface area contributed by atoms with Crippen LogP contribution in [0.15, 0.2) is 53.3 Å². The number of nitrogens with zero attached hydrogens (tertiary/aromatic N) is 2. The monoisotopic (exact) mass is 349 g/mol. The van der Waals surface area contributed by atoms with Crippen molar-refractivity contribution < 1.29 is 4.79 Å². The van der Waals surface area contributed by atoms with E-state index in [4.69, 9.17) is 0 Å². The number of aryl methyl sites for hydroxylation is 2. The van der Waals surface area contributed by atoms with Gasteiger partial charge >= 0.3 is 0 Å². The molecule has 0 atom stereocenters. The van der Waals surface area contributed by atoms with Crippen molar-refractivity contribution in [3.8, 4) is 0 Å². The van der Waals surface area contributed by atoms with Crippen LogP contribution in [0.4, 0.5) is 11.4 Å². The molecule has 1 aromatic heterocycles. The maximum absolute atomic E-state index is 13.2. The highest BCUT2D eigenvalue weighted by Gasteiger charge is 2.25. The van der Waals surface area contributed by atoms with Crippen molar-refractivity contribution >= 4 is 28.2 Å². The molecule has 0 aliphatic rings. The average Bonchev–Trinajstić information content (AvgIpc) is 2.66. The van der Waals surface area contributed by atoms with Gasteiger partial charge in [0, 0.05) is 31.7 Å². The molecule has 2 aromatic carbocycles. The molecule has 0 aliphatic heterocycles. The highest BCUT2D eigenvalue weighted by Crippen LogP contribution is 2.29. The molecule has 0 bridgehead atoms. The third kappa shape index (κ3) is 2.86. The molecule has 3 aromatic rings. The second-order valence-electron chi connectivity index (χ2n) is 6.31. The van der Waals surface area contributed by atoms with Crippen LogP contribution in [-0.2, 0) is 7.05 Å². The molecular weight excluding hydrogens is 326 g/mol. The van der Waals surface area contributed by atoms with Gasteiger partial charge in [-0.3, -0.25) is 9.59 Å². The summed E-state index contributed by atoms with van der Waals surface area (Å²) in [6.45, 7) is 4.56. The van der Waals surface area contributed by atoms with E-state index in [1.807, 2.05) is 62.4 Å². The molecule has 5 nitrogen and oxygen atoms in total. The van der Waals surface area contributed by atoms with E-state index in [-0.39, 0.29) is 17.0 Å². The zero-order valence-electron chi connectivity index (χ0n) is 15.5. The molecule has 134 valence electrons. The third-order valence-electron chi connectivity index (χ3n) is 4.65. The van der Waals surface area contributed by atoms with Crippen LogP contribution in [0, 0.1) is 6.92 Å². The second-order valence-corrected chi connectivity index (χ2v) is 6.31. The van der Waals surface area contributed by atoms with E-state index in [2.05, 4.69) is 5.32 Å². The fraction of sp³-hybridized carbons (Fsp3) is 0.238. The Kier molecular flexibility index (Phi) is 4.80. The van der Waals surface area contributed by atoms with Gasteiger partial charge in [0.05, 0.1) is 11.2 Å². The molecule has 1 heterocycles. The molecule has 1 amide bonds. The van der Waals surface area contributed by atoms with Gasteiger partial charge in [-0.25, -0.2) is 0 Å². The summed E-state index contributed by atoms with van der Waals surface area (Å²) in [5, 5.41) is 4.16.